The van der Waals surface area contributed by atoms with E-state index in [9.17, 15) is 13.2 Å². The van der Waals surface area contributed by atoms with Gasteiger partial charge >= 0.3 is 0 Å². The molecule has 3 rings (SSSR count). The molecule has 1 amide bonds. The second-order valence-corrected chi connectivity index (χ2v) is 7.74. The van der Waals surface area contributed by atoms with Crippen LogP contribution in [0.5, 0.6) is 0 Å². The number of rotatable bonds is 6. The molecule has 6 heteroatoms. The molecule has 0 aliphatic heterocycles. The molecule has 2 N–H and O–H groups in total. The van der Waals surface area contributed by atoms with Crippen LogP contribution in [-0.4, -0.2) is 20.4 Å². The van der Waals surface area contributed by atoms with Gasteiger partial charge < -0.3 is 5.32 Å². The van der Waals surface area contributed by atoms with Crippen LogP contribution in [0.3, 0.4) is 0 Å². The second-order valence-electron chi connectivity index (χ2n) is 6.03. The largest absolute Gasteiger partial charge is 0.346 e. The van der Waals surface area contributed by atoms with Crippen molar-refractivity contribution >= 4 is 15.9 Å². The minimum atomic E-state index is -3.49. The first-order chi connectivity index (χ1) is 11.5. The predicted molar refractivity (Wildman–Crippen MR) is 92.1 cm³/mol. The van der Waals surface area contributed by atoms with Gasteiger partial charge in [0.15, 0.2) is 0 Å². The molecule has 5 nitrogen and oxygen atoms in total. The maximum Gasteiger partial charge on any atom is 0.251 e. The van der Waals surface area contributed by atoms with Crippen molar-refractivity contribution in [1.29, 1.82) is 0 Å². The average Bonchev–Trinajstić information content (AvgIpc) is 3.39. The summed E-state index contributed by atoms with van der Waals surface area (Å²) in [6.07, 6.45) is 1.77. The second kappa shape index (κ2) is 6.75. The molecule has 0 saturated heterocycles. The third kappa shape index (κ3) is 4.01. The number of hydrogen-bond donors (Lipinski definition) is 2. The summed E-state index contributed by atoms with van der Waals surface area (Å²) in [5.41, 5.74) is 1.45. The number of hydrogen-bond acceptors (Lipinski definition) is 3. The van der Waals surface area contributed by atoms with Gasteiger partial charge in [0.25, 0.3) is 5.91 Å². The topological polar surface area (TPSA) is 75.3 Å². The normalized spacial score (nSPS) is 15.7. The van der Waals surface area contributed by atoms with E-state index in [0.717, 1.165) is 18.4 Å². The Bertz CT molecular complexity index is 813. The Kier molecular flexibility index (Phi) is 4.69. The Morgan fingerprint density at radius 1 is 1.04 bits per heavy atom. The lowest BCUT2D eigenvalue weighted by atomic mass is 10.1. The fourth-order valence-corrected chi connectivity index (χ4v) is 3.68. The molecule has 1 saturated carbocycles. The highest BCUT2D eigenvalue weighted by atomic mass is 32.2. The van der Waals surface area contributed by atoms with Crippen LogP contribution in [0, 0.1) is 0 Å². The summed E-state index contributed by atoms with van der Waals surface area (Å²) in [5.74, 6) is -0.231. The van der Waals surface area contributed by atoms with Gasteiger partial charge in [-0.05, 0) is 49.6 Å². The van der Waals surface area contributed by atoms with Crippen molar-refractivity contribution in [2.75, 3.05) is 0 Å². The van der Waals surface area contributed by atoms with Gasteiger partial charge in [-0.15, -0.1) is 0 Å². The third-order valence-corrected chi connectivity index (χ3v) is 5.51. The summed E-state index contributed by atoms with van der Waals surface area (Å²) in [4.78, 5) is 12.5. The molecule has 0 heterocycles. The molecule has 2 aromatic carbocycles. The van der Waals surface area contributed by atoms with E-state index < -0.39 is 10.0 Å². The van der Waals surface area contributed by atoms with Crippen LogP contribution >= 0.6 is 0 Å². The highest BCUT2D eigenvalue weighted by molar-refractivity contribution is 7.89. The molecule has 1 aliphatic rings. The van der Waals surface area contributed by atoms with Gasteiger partial charge in [0.05, 0.1) is 10.9 Å². The lowest BCUT2D eigenvalue weighted by Crippen LogP contribution is -2.27. The van der Waals surface area contributed by atoms with Crippen LogP contribution < -0.4 is 10.0 Å². The van der Waals surface area contributed by atoms with Crippen LogP contribution in [0.2, 0.25) is 0 Å². The first-order valence-corrected chi connectivity index (χ1v) is 9.42. The zero-order valence-corrected chi connectivity index (χ0v) is 14.2. The molecular formula is C18H20N2O3S. The minimum absolute atomic E-state index is 0.0599. The zero-order chi connectivity index (χ0) is 17.2. The lowest BCUT2D eigenvalue weighted by molar-refractivity contribution is 0.0940. The maximum absolute atomic E-state index is 12.3. The van der Waals surface area contributed by atoms with Gasteiger partial charge in [0.2, 0.25) is 10.0 Å². The minimum Gasteiger partial charge on any atom is -0.346 e. The highest BCUT2D eigenvalue weighted by Crippen LogP contribution is 2.22. The van der Waals surface area contributed by atoms with E-state index in [4.69, 9.17) is 0 Å². The summed E-state index contributed by atoms with van der Waals surface area (Å²) >= 11 is 0. The van der Waals surface area contributed by atoms with E-state index >= 15 is 0 Å². The van der Waals surface area contributed by atoms with E-state index in [2.05, 4.69) is 10.0 Å². The first-order valence-electron chi connectivity index (χ1n) is 7.94. The quantitative estimate of drug-likeness (QED) is 0.846. The van der Waals surface area contributed by atoms with Crippen LogP contribution in [0.25, 0.3) is 0 Å². The molecule has 24 heavy (non-hydrogen) atoms. The van der Waals surface area contributed by atoms with Crippen molar-refractivity contribution in [3.05, 3.63) is 65.7 Å². The maximum atomic E-state index is 12.3. The number of carbonyl (C=O) groups is 1. The van der Waals surface area contributed by atoms with Crippen LogP contribution in [0.15, 0.2) is 59.5 Å². The number of amides is 1. The Morgan fingerprint density at radius 3 is 2.25 bits per heavy atom. The van der Waals surface area contributed by atoms with Crippen molar-refractivity contribution in [2.24, 2.45) is 0 Å². The standard InChI is InChI=1S/C18H20N2O3S/c1-13(14-5-3-2-4-6-14)19-18(21)15-7-11-17(12-8-15)24(22,23)20-16-9-10-16/h2-8,11-13,16,20H,9-10H2,1H3,(H,19,21)/t13-/m1/s1. The molecule has 1 fully saturated rings. The smallest absolute Gasteiger partial charge is 0.251 e. The molecule has 0 bridgehead atoms. The summed E-state index contributed by atoms with van der Waals surface area (Å²) in [6.45, 7) is 1.91. The summed E-state index contributed by atoms with van der Waals surface area (Å²) in [5, 5.41) is 2.91. The highest BCUT2D eigenvalue weighted by Gasteiger charge is 2.28. The zero-order valence-electron chi connectivity index (χ0n) is 13.4. The van der Waals surface area contributed by atoms with Gasteiger partial charge in [0.1, 0.15) is 0 Å². The Balaban J connectivity index is 1.67. The Labute approximate surface area is 142 Å². The monoisotopic (exact) mass is 344 g/mol. The summed E-state index contributed by atoms with van der Waals surface area (Å²) in [6, 6.07) is 15.6. The molecular weight excluding hydrogens is 324 g/mol. The van der Waals surface area contributed by atoms with E-state index in [1.54, 1.807) is 0 Å². The lowest BCUT2D eigenvalue weighted by Gasteiger charge is -2.14. The number of nitrogens with one attached hydrogen (secondary N) is 2. The fourth-order valence-electron chi connectivity index (χ4n) is 2.38. The molecule has 0 aromatic heterocycles. The summed E-state index contributed by atoms with van der Waals surface area (Å²) < 4.78 is 26.9. The van der Waals surface area contributed by atoms with Crippen LogP contribution in [0.1, 0.15) is 41.7 Å². The van der Waals surface area contributed by atoms with E-state index in [-0.39, 0.29) is 22.9 Å². The first kappa shape index (κ1) is 16.7. The number of carbonyl (C=O) groups excluding carboxylic acids is 1. The summed E-state index contributed by atoms with van der Waals surface area (Å²) in [7, 11) is -3.49. The molecule has 0 unspecified atom stereocenters. The molecule has 0 radical (unpaired) electrons. The fraction of sp³-hybridized carbons (Fsp3) is 0.278. The molecule has 2 aromatic rings. The van der Waals surface area contributed by atoms with Gasteiger partial charge in [-0.25, -0.2) is 13.1 Å². The number of sulfonamides is 1. The van der Waals surface area contributed by atoms with Gasteiger partial charge in [-0.2, -0.15) is 0 Å². The average molecular weight is 344 g/mol. The molecule has 1 aliphatic carbocycles. The molecule has 126 valence electrons. The van der Waals surface area contributed by atoms with E-state index in [1.807, 2.05) is 37.3 Å². The van der Waals surface area contributed by atoms with Crippen molar-refractivity contribution < 1.29 is 13.2 Å². The molecule has 1 atom stereocenters. The Morgan fingerprint density at radius 2 is 1.67 bits per heavy atom. The van der Waals surface area contributed by atoms with Crippen molar-refractivity contribution in [3.8, 4) is 0 Å². The van der Waals surface area contributed by atoms with Crippen LogP contribution in [-0.2, 0) is 10.0 Å². The predicted octanol–water partition coefficient (Wildman–Crippen LogP) is 2.62. The van der Waals surface area contributed by atoms with Gasteiger partial charge in [-0.1, -0.05) is 30.3 Å². The SMILES string of the molecule is C[C@@H](NC(=O)c1ccc(S(=O)(=O)NC2CC2)cc1)c1ccccc1. The molecule has 0 spiro atoms. The van der Waals surface area contributed by atoms with Gasteiger partial charge in [0, 0.05) is 11.6 Å². The number of benzene rings is 2. The third-order valence-electron chi connectivity index (χ3n) is 3.97. The van der Waals surface area contributed by atoms with Crippen molar-refractivity contribution in [3.63, 3.8) is 0 Å². The van der Waals surface area contributed by atoms with Crippen LogP contribution in [0.4, 0.5) is 0 Å². The van der Waals surface area contributed by atoms with E-state index in [1.165, 1.54) is 24.3 Å². The van der Waals surface area contributed by atoms with E-state index in [0.29, 0.717) is 5.56 Å². The van der Waals surface area contributed by atoms with Crippen molar-refractivity contribution in [1.82, 2.24) is 10.0 Å². The van der Waals surface area contributed by atoms with Gasteiger partial charge in [-0.3, -0.25) is 4.79 Å². The Hall–Kier alpha value is -2.18. The van der Waals surface area contributed by atoms with Crippen molar-refractivity contribution in [2.45, 2.75) is 36.7 Å².